The van der Waals surface area contributed by atoms with Crippen LogP contribution in [0.2, 0.25) is 0 Å². The van der Waals surface area contributed by atoms with Gasteiger partial charge in [-0.3, -0.25) is 14.4 Å². The van der Waals surface area contributed by atoms with E-state index in [1.54, 1.807) is 30.0 Å². The molecule has 0 bridgehead atoms. The van der Waals surface area contributed by atoms with Crippen LogP contribution in [0.5, 0.6) is 0 Å². The van der Waals surface area contributed by atoms with Gasteiger partial charge in [0.2, 0.25) is 11.8 Å². The fourth-order valence-corrected chi connectivity index (χ4v) is 3.95. The summed E-state index contributed by atoms with van der Waals surface area (Å²) in [7, 11) is 0. The molecule has 2 amide bonds. The number of carbonyl (C=O) groups is 3. The number of rotatable bonds is 12. The third-order valence-corrected chi connectivity index (χ3v) is 5.76. The maximum Gasteiger partial charge on any atom is 0.306 e. The highest BCUT2D eigenvalue weighted by atomic mass is 19.1. The highest BCUT2D eigenvalue weighted by Gasteiger charge is 2.27. The van der Waals surface area contributed by atoms with E-state index in [4.69, 9.17) is 13.9 Å². The molecule has 3 rings (SSSR count). The topological polar surface area (TPSA) is 89.3 Å². The van der Waals surface area contributed by atoms with Crippen LogP contribution in [0.3, 0.4) is 0 Å². The number of ether oxygens (including phenoxy) is 2. The molecule has 1 unspecified atom stereocenters. The normalized spacial score (nSPS) is 15.1. The molecule has 190 valence electrons. The average Bonchev–Trinajstić information content (AvgIpc) is 3.49. The van der Waals surface area contributed by atoms with E-state index >= 15 is 0 Å². The van der Waals surface area contributed by atoms with Crippen molar-refractivity contribution in [2.45, 2.75) is 58.7 Å². The minimum absolute atomic E-state index is 0.0474. The number of benzene rings is 1. The summed E-state index contributed by atoms with van der Waals surface area (Å²) in [6.45, 7) is 4.94. The smallest absolute Gasteiger partial charge is 0.306 e. The number of carbonyl (C=O) groups excluding carboxylic acids is 3. The number of hydrogen-bond donors (Lipinski definition) is 0. The predicted octanol–water partition coefficient (Wildman–Crippen LogP) is 3.61. The zero-order chi connectivity index (χ0) is 25.2. The van der Waals surface area contributed by atoms with Gasteiger partial charge in [0.25, 0.3) is 0 Å². The molecular formula is C26H33FN2O6. The lowest BCUT2D eigenvalue weighted by Crippen LogP contribution is -2.45. The minimum Gasteiger partial charge on any atom is -0.466 e. The molecular weight excluding hydrogens is 455 g/mol. The van der Waals surface area contributed by atoms with E-state index in [1.807, 2.05) is 13.0 Å². The standard InChI is InChI=1S/C26H33FN2O6/c1-3-33-26(32)13-12-24(30)29(16-22-5-4-14-34-22)18-25(31)28(17-23-11-6-19(2)35-23)15-20-7-9-21(27)10-8-20/h6-11,22H,3-5,12-18H2,1-2H3. The van der Waals surface area contributed by atoms with Crippen LogP contribution in [-0.4, -0.2) is 60.0 Å². The molecule has 1 atom stereocenters. The van der Waals surface area contributed by atoms with Crippen LogP contribution in [0.15, 0.2) is 40.8 Å². The van der Waals surface area contributed by atoms with Crippen LogP contribution < -0.4 is 0 Å². The van der Waals surface area contributed by atoms with E-state index in [0.717, 1.165) is 24.2 Å². The van der Waals surface area contributed by atoms with Crippen LogP contribution in [0, 0.1) is 12.7 Å². The Morgan fingerprint density at radius 1 is 1.03 bits per heavy atom. The third-order valence-electron chi connectivity index (χ3n) is 5.76. The fourth-order valence-electron chi connectivity index (χ4n) is 3.95. The molecule has 0 saturated carbocycles. The van der Waals surface area contributed by atoms with E-state index in [-0.39, 0.29) is 69.4 Å². The summed E-state index contributed by atoms with van der Waals surface area (Å²) in [4.78, 5) is 41.2. The molecule has 1 aliphatic heterocycles. The number of hydrogen-bond acceptors (Lipinski definition) is 6. The van der Waals surface area contributed by atoms with Crippen molar-refractivity contribution in [3.8, 4) is 0 Å². The van der Waals surface area contributed by atoms with Crippen LogP contribution in [0.25, 0.3) is 0 Å². The summed E-state index contributed by atoms with van der Waals surface area (Å²) in [5, 5.41) is 0. The minimum atomic E-state index is -0.449. The molecule has 8 nitrogen and oxygen atoms in total. The first-order valence-electron chi connectivity index (χ1n) is 12.0. The van der Waals surface area contributed by atoms with Gasteiger partial charge >= 0.3 is 5.97 Å². The van der Waals surface area contributed by atoms with Gasteiger partial charge in [0.1, 0.15) is 17.3 Å². The Hall–Kier alpha value is -3.20. The first-order valence-corrected chi connectivity index (χ1v) is 12.0. The van der Waals surface area contributed by atoms with Gasteiger partial charge in [0, 0.05) is 26.1 Å². The number of esters is 1. The van der Waals surface area contributed by atoms with E-state index in [0.29, 0.717) is 12.4 Å². The Bertz CT molecular complexity index is 984. The number of nitrogens with zero attached hydrogens (tertiary/aromatic N) is 2. The second-order valence-corrected chi connectivity index (χ2v) is 8.60. The summed E-state index contributed by atoms with van der Waals surface area (Å²) in [6, 6.07) is 9.55. The monoisotopic (exact) mass is 488 g/mol. The van der Waals surface area contributed by atoms with Gasteiger partial charge in [-0.2, -0.15) is 0 Å². The van der Waals surface area contributed by atoms with Crippen LogP contribution >= 0.6 is 0 Å². The Kier molecular flexibility index (Phi) is 9.84. The summed E-state index contributed by atoms with van der Waals surface area (Å²) >= 11 is 0. The molecule has 0 N–H and O–H groups in total. The highest BCUT2D eigenvalue weighted by molar-refractivity contribution is 5.86. The predicted molar refractivity (Wildman–Crippen MR) is 126 cm³/mol. The number of furan rings is 1. The highest BCUT2D eigenvalue weighted by Crippen LogP contribution is 2.17. The second kappa shape index (κ2) is 13.0. The van der Waals surface area contributed by atoms with Crippen molar-refractivity contribution in [1.29, 1.82) is 0 Å². The second-order valence-electron chi connectivity index (χ2n) is 8.60. The van der Waals surface area contributed by atoms with E-state index in [1.165, 1.54) is 17.0 Å². The van der Waals surface area contributed by atoms with Crippen LogP contribution in [-0.2, 0) is 36.9 Å². The van der Waals surface area contributed by atoms with E-state index < -0.39 is 5.97 Å². The summed E-state index contributed by atoms with van der Waals surface area (Å²) in [5.74, 6) is -0.0671. The molecule has 2 aromatic rings. The van der Waals surface area contributed by atoms with Crippen molar-refractivity contribution < 1.29 is 32.7 Å². The maximum absolute atomic E-state index is 13.4. The first kappa shape index (κ1) is 26.4. The molecule has 1 aromatic heterocycles. The summed E-state index contributed by atoms with van der Waals surface area (Å²) in [5.41, 5.74) is 0.752. The van der Waals surface area contributed by atoms with Crippen molar-refractivity contribution in [2.24, 2.45) is 0 Å². The molecule has 0 spiro atoms. The zero-order valence-corrected chi connectivity index (χ0v) is 20.3. The zero-order valence-electron chi connectivity index (χ0n) is 20.3. The van der Waals surface area contributed by atoms with Gasteiger partial charge in [0.05, 0.1) is 32.2 Å². The van der Waals surface area contributed by atoms with Gasteiger partial charge in [-0.05, 0) is 56.5 Å². The van der Waals surface area contributed by atoms with E-state index in [2.05, 4.69) is 0 Å². The van der Waals surface area contributed by atoms with Gasteiger partial charge in [-0.1, -0.05) is 12.1 Å². The lowest BCUT2D eigenvalue weighted by Gasteiger charge is -2.29. The van der Waals surface area contributed by atoms with Crippen LogP contribution in [0.1, 0.15) is 49.7 Å². The number of halogens is 1. The molecule has 1 saturated heterocycles. The van der Waals surface area contributed by atoms with Crippen molar-refractivity contribution in [1.82, 2.24) is 9.80 Å². The Labute approximate surface area is 205 Å². The lowest BCUT2D eigenvalue weighted by atomic mass is 10.2. The van der Waals surface area contributed by atoms with Crippen molar-refractivity contribution in [2.75, 3.05) is 26.3 Å². The SMILES string of the molecule is CCOC(=O)CCC(=O)N(CC(=O)N(Cc1ccc(F)cc1)Cc1ccc(C)o1)CC1CCCO1. The van der Waals surface area contributed by atoms with Crippen molar-refractivity contribution in [3.63, 3.8) is 0 Å². The van der Waals surface area contributed by atoms with Crippen molar-refractivity contribution >= 4 is 17.8 Å². The van der Waals surface area contributed by atoms with Gasteiger partial charge in [0.15, 0.2) is 0 Å². The van der Waals surface area contributed by atoms with Gasteiger partial charge in [-0.15, -0.1) is 0 Å². The fraction of sp³-hybridized carbons (Fsp3) is 0.500. The van der Waals surface area contributed by atoms with E-state index in [9.17, 15) is 18.8 Å². The first-order chi connectivity index (χ1) is 16.8. The largest absolute Gasteiger partial charge is 0.466 e. The molecule has 0 radical (unpaired) electrons. The molecule has 1 fully saturated rings. The molecule has 0 aliphatic carbocycles. The molecule has 1 aromatic carbocycles. The molecule has 9 heteroatoms. The van der Waals surface area contributed by atoms with Crippen LogP contribution in [0.4, 0.5) is 4.39 Å². The summed E-state index contributed by atoms with van der Waals surface area (Å²) in [6.07, 6.45) is 1.47. The number of aryl methyl sites for hydroxylation is 1. The third kappa shape index (κ3) is 8.51. The average molecular weight is 489 g/mol. The molecule has 2 heterocycles. The molecule has 35 heavy (non-hydrogen) atoms. The summed E-state index contributed by atoms with van der Waals surface area (Å²) < 4.78 is 29.6. The quantitative estimate of drug-likeness (QED) is 0.424. The molecule has 1 aliphatic rings. The maximum atomic E-state index is 13.4. The van der Waals surface area contributed by atoms with Crippen molar-refractivity contribution in [3.05, 3.63) is 59.3 Å². The van der Waals surface area contributed by atoms with Gasteiger partial charge in [-0.25, -0.2) is 4.39 Å². The Morgan fingerprint density at radius 2 is 1.80 bits per heavy atom. The Morgan fingerprint density at radius 3 is 2.43 bits per heavy atom. The Balaban J connectivity index is 1.73. The lowest BCUT2D eigenvalue weighted by molar-refractivity contribution is -0.147. The van der Waals surface area contributed by atoms with Gasteiger partial charge < -0.3 is 23.7 Å². The number of amides is 2.